The molecule has 5 aliphatic heterocycles. The summed E-state index contributed by atoms with van der Waals surface area (Å²) in [6, 6.07) is 3.85. The second kappa shape index (κ2) is 30.6. The third-order valence-corrected chi connectivity index (χ3v) is 20.3. The normalized spacial score (nSPS) is 25.2. The predicted octanol–water partition coefficient (Wildman–Crippen LogP) is 1.01. The number of carbonyl (C=O) groups is 9. The number of benzene rings is 1. The summed E-state index contributed by atoms with van der Waals surface area (Å²) in [7, 11) is -2.48. The van der Waals surface area contributed by atoms with Crippen molar-refractivity contribution in [1.82, 2.24) is 51.4 Å². The van der Waals surface area contributed by atoms with E-state index >= 15 is 4.79 Å². The quantitative estimate of drug-likeness (QED) is 0.0215. The van der Waals surface area contributed by atoms with E-state index in [9.17, 15) is 46.8 Å². The van der Waals surface area contributed by atoms with Crippen LogP contribution >= 0.6 is 11.8 Å². The molecule has 2 bridgehead atoms. The summed E-state index contributed by atoms with van der Waals surface area (Å²) in [5.41, 5.74) is -1.68. The molecule has 7 fully saturated rings. The maximum absolute atomic E-state index is 15.0. The number of unbranched alkanes of at least 4 members (excludes halogenated alkanes) is 1. The fourth-order valence-electron chi connectivity index (χ4n) is 11.9. The Morgan fingerprint density at radius 1 is 0.852 bits per heavy atom. The Morgan fingerprint density at radius 2 is 1.56 bits per heavy atom. The Balaban J connectivity index is 0.702. The maximum Gasteiger partial charge on any atom is 0.329 e. The van der Waals surface area contributed by atoms with Crippen LogP contribution in [0.4, 0.5) is 4.79 Å². The number of methoxy groups -OCH3 is 1. The molecule has 29 heteroatoms. The Labute approximate surface area is 515 Å². The number of sulfonamides is 1. The smallest absolute Gasteiger partial charge is 0.329 e. The van der Waals surface area contributed by atoms with Crippen LogP contribution in [0.3, 0.4) is 0 Å². The molecule has 2 aromatic rings. The van der Waals surface area contributed by atoms with E-state index < -0.39 is 92.6 Å². The number of likely N-dealkylation sites (tertiary alicyclic amines) is 2. The van der Waals surface area contributed by atoms with Crippen LogP contribution < -0.4 is 46.1 Å². The zero-order valence-corrected chi connectivity index (χ0v) is 51.3. The molecule has 5 saturated heterocycles. The van der Waals surface area contributed by atoms with Gasteiger partial charge in [0.15, 0.2) is 0 Å². The van der Waals surface area contributed by atoms with Crippen LogP contribution in [0.15, 0.2) is 43.1 Å². The lowest BCUT2D eigenvalue weighted by atomic mass is 10.0. The molecular weight excluding hydrogens is 1180 g/mol. The number of ether oxygens (including phenoxy) is 6. The lowest BCUT2D eigenvalue weighted by Crippen LogP contribution is -2.58. The average molecular weight is 1270 g/mol. The van der Waals surface area contributed by atoms with Crippen molar-refractivity contribution in [2.45, 2.75) is 161 Å². The molecule has 0 radical (unpaired) electrons. The van der Waals surface area contributed by atoms with Gasteiger partial charge in [0.2, 0.25) is 51.3 Å². The van der Waals surface area contributed by atoms with Crippen LogP contribution in [0.5, 0.6) is 11.6 Å². The molecule has 7 aliphatic rings. The van der Waals surface area contributed by atoms with Gasteiger partial charge in [-0.25, -0.2) is 23.0 Å². The minimum Gasteiger partial charge on any atom is -0.497 e. The SMILES string of the molecule is C=CC1CC1(NC(=O)C1CC(Oc2nccc3cc(OC)ccc23)CN1C(=O)C(CCC(=O)N1CC2CC1C(=O)O2)NC(=O)CCCC(=O)NCCCOCCOCCOCCCNC(=O)CCCCC1SCC2NC(=O)NC21)C(=O)NS(=O)(=O)C1CC1. The van der Waals surface area contributed by atoms with E-state index in [1.54, 1.807) is 24.3 Å². The van der Waals surface area contributed by atoms with Crippen molar-refractivity contribution >= 4 is 85.9 Å². The van der Waals surface area contributed by atoms with Crippen LogP contribution in [0.1, 0.15) is 103 Å². The maximum atomic E-state index is 15.0. The first-order valence-electron chi connectivity index (χ1n) is 30.6. The number of pyridine rings is 1. The van der Waals surface area contributed by atoms with Gasteiger partial charge >= 0.3 is 12.0 Å². The molecule has 10 atom stereocenters. The topological polar surface area (TPSA) is 347 Å². The molecule has 6 heterocycles. The first-order valence-corrected chi connectivity index (χ1v) is 33.2. The molecule has 1 aromatic carbocycles. The molecule has 27 nitrogen and oxygen atoms in total. The van der Waals surface area contributed by atoms with E-state index in [1.807, 2.05) is 11.8 Å². The van der Waals surface area contributed by atoms with Gasteiger partial charge in [-0.3, -0.25) is 38.3 Å². The van der Waals surface area contributed by atoms with Gasteiger partial charge in [-0.15, -0.1) is 6.58 Å². The van der Waals surface area contributed by atoms with Gasteiger partial charge in [0, 0.05) is 93.3 Å². The number of aromatic nitrogens is 1. The highest BCUT2D eigenvalue weighted by molar-refractivity contribution is 8.00. The number of rotatable bonds is 37. The number of fused-ring (bicyclic) bond motifs is 4. The number of nitrogens with zero attached hydrogens (tertiary/aromatic N) is 3. The fourth-order valence-corrected chi connectivity index (χ4v) is 14.8. The monoisotopic (exact) mass is 1270 g/mol. The Bertz CT molecular complexity index is 3010. The summed E-state index contributed by atoms with van der Waals surface area (Å²) >= 11 is 1.88. The fraction of sp³-hybridized carbons (Fsp3) is 0.661. The molecular formula is C59H82N10O17S2. The molecule has 2 saturated carbocycles. The van der Waals surface area contributed by atoms with Crippen LogP contribution in [0.25, 0.3) is 10.8 Å². The van der Waals surface area contributed by atoms with E-state index in [0.717, 1.165) is 30.4 Å². The Kier molecular flexibility index (Phi) is 22.8. The largest absolute Gasteiger partial charge is 0.497 e. The van der Waals surface area contributed by atoms with Gasteiger partial charge in [-0.05, 0) is 87.4 Å². The minimum atomic E-state index is -4.01. The number of morpholine rings is 1. The second-order valence-electron chi connectivity index (χ2n) is 23.3. The zero-order chi connectivity index (χ0) is 62.4. The van der Waals surface area contributed by atoms with E-state index in [2.05, 4.69) is 48.2 Å². The summed E-state index contributed by atoms with van der Waals surface area (Å²) in [5, 5.41) is 18.2. The lowest BCUT2D eigenvalue weighted by molar-refractivity contribution is -0.157. The molecule has 9 amide bonds. The van der Waals surface area contributed by atoms with Gasteiger partial charge in [0.25, 0.3) is 5.91 Å². The van der Waals surface area contributed by atoms with E-state index in [-0.39, 0.29) is 93.8 Å². The Hall–Kier alpha value is -6.82. The van der Waals surface area contributed by atoms with E-state index in [0.29, 0.717) is 108 Å². The molecule has 88 heavy (non-hydrogen) atoms. The van der Waals surface area contributed by atoms with Crippen LogP contribution in [-0.4, -0.2) is 214 Å². The number of hydrogen-bond acceptors (Lipinski definition) is 19. The van der Waals surface area contributed by atoms with Gasteiger partial charge < -0.3 is 70.1 Å². The zero-order valence-electron chi connectivity index (χ0n) is 49.6. The number of carbonyl (C=O) groups excluding carboxylic acids is 9. The number of amides is 9. The van der Waals surface area contributed by atoms with Crippen LogP contribution in [0.2, 0.25) is 0 Å². The summed E-state index contributed by atoms with van der Waals surface area (Å²) in [4.78, 5) is 127. The van der Waals surface area contributed by atoms with Crippen molar-refractivity contribution in [2.75, 3.05) is 78.7 Å². The number of urea groups is 1. The summed E-state index contributed by atoms with van der Waals surface area (Å²) < 4.78 is 61.9. The summed E-state index contributed by atoms with van der Waals surface area (Å²) in [6.07, 6.45) is 6.53. The summed E-state index contributed by atoms with van der Waals surface area (Å²) in [5.74, 6) is -3.23. The Morgan fingerprint density at radius 3 is 2.23 bits per heavy atom. The van der Waals surface area contributed by atoms with Crippen molar-refractivity contribution in [2.24, 2.45) is 5.92 Å². The van der Waals surface area contributed by atoms with Crippen LogP contribution in [0, 0.1) is 5.92 Å². The molecule has 1 aromatic heterocycles. The van der Waals surface area contributed by atoms with Gasteiger partial charge in [0.05, 0.1) is 64.0 Å². The van der Waals surface area contributed by atoms with Gasteiger partial charge in [-0.1, -0.05) is 12.5 Å². The minimum absolute atomic E-state index is 0.0156. The number of hydrogen-bond donors (Lipinski definition) is 7. The second-order valence-corrected chi connectivity index (χ2v) is 26.6. The molecule has 9 rings (SSSR count). The van der Waals surface area contributed by atoms with Crippen molar-refractivity contribution in [3.8, 4) is 11.6 Å². The van der Waals surface area contributed by atoms with Crippen molar-refractivity contribution in [3.05, 3.63) is 43.1 Å². The van der Waals surface area contributed by atoms with E-state index in [4.69, 9.17) is 28.4 Å². The van der Waals surface area contributed by atoms with Crippen molar-refractivity contribution in [1.29, 1.82) is 0 Å². The van der Waals surface area contributed by atoms with Gasteiger partial charge in [-0.2, -0.15) is 11.8 Å². The highest BCUT2D eigenvalue weighted by Gasteiger charge is 2.62. The first kappa shape index (κ1) is 65.6. The number of nitrogens with one attached hydrogen (secondary N) is 7. The van der Waals surface area contributed by atoms with Crippen molar-refractivity contribution in [3.63, 3.8) is 0 Å². The van der Waals surface area contributed by atoms with Crippen molar-refractivity contribution < 1.29 is 80.0 Å². The van der Waals surface area contributed by atoms with Gasteiger partial charge in [0.1, 0.15) is 41.6 Å². The molecule has 10 unspecified atom stereocenters. The standard InChI is InChI=1S/C59H82N10O17S2/c1-3-37-32-59(37,57(77)67-88(79,80)41-14-15-41)66-53(74)45-30-39(85-54-42-16-13-38(81-2)29-36(42)19-22-62-54)34-69(45)55(75)43(17-18-51(73)68-33-40-31-46(68)56(76)86-40)63-50(72)12-6-11-49(71)61-21-8-24-83-26-28-84-27-25-82-23-7-20-60-48(70)10-5-4-9-47-52-44(35-87-47)64-58(78)65-52/h3,13,16,19,22,29,37,39-41,43-47,52H,1,4-12,14-15,17-18,20-21,23-28,30-35H2,2H3,(H,60,70)(H,61,71)(H,63,72)(H,66,74)(H,67,77)(H2,64,65,78). The lowest BCUT2D eigenvalue weighted by Gasteiger charge is -2.30. The van der Waals surface area contributed by atoms with E-state index in [1.165, 1.54) is 29.2 Å². The third-order valence-electron chi connectivity index (χ3n) is 16.9. The first-order chi connectivity index (χ1) is 42.4. The molecule has 0 spiro atoms. The number of thioether (sulfide) groups is 1. The molecule has 482 valence electrons. The number of esters is 1. The highest BCUT2D eigenvalue weighted by atomic mass is 32.2. The molecule has 7 N–H and O–H groups in total. The predicted molar refractivity (Wildman–Crippen MR) is 319 cm³/mol. The molecule has 2 aliphatic carbocycles. The highest BCUT2D eigenvalue weighted by Crippen LogP contribution is 2.46. The van der Waals surface area contributed by atoms with Crippen LogP contribution in [-0.2, 0) is 67.3 Å². The average Bonchev–Trinajstić information content (AvgIpc) is 1.68. The third kappa shape index (κ3) is 17.3. The summed E-state index contributed by atoms with van der Waals surface area (Å²) in [6.45, 7) is 6.95.